The lowest BCUT2D eigenvalue weighted by molar-refractivity contribution is -0.123. The first-order valence-corrected chi connectivity index (χ1v) is 4.83. The van der Waals surface area contributed by atoms with Crippen molar-refractivity contribution in [3.8, 4) is 0 Å². The Labute approximate surface area is 84.6 Å². The van der Waals surface area contributed by atoms with E-state index >= 15 is 0 Å². The number of ketones is 1. The van der Waals surface area contributed by atoms with Crippen LogP contribution in [0.5, 0.6) is 0 Å². The summed E-state index contributed by atoms with van der Waals surface area (Å²) >= 11 is 0. The van der Waals surface area contributed by atoms with Crippen LogP contribution in [-0.2, 0) is 11.2 Å². The van der Waals surface area contributed by atoms with Crippen LogP contribution in [0.1, 0.15) is 19.4 Å². The van der Waals surface area contributed by atoms with Crippen LogP contribution in [0, 0.1) is 5.92 Å². The van der Waals surface area contributed by atoms with Crippen LogP contribution in [-0.4, -0.2) is 17.0 Å². The van der Waals surface area contributed by atoms with Gasteiger partial charge in [-0.15, -0.1) is 0 Å². The highest BCUT2D eigenvalue weighted by Crippen LogP contribution is 2.11. The molecule has 0 amide bonds. The van der Waals surface area contributed by atoms with E-state index in [2.05, 4.69) is 0 Å². The number of benzene rings is 1. The molecule has 0 saturated carbocycles. The van der Waals surface area contributed by atoms with Crippen LogP contribution in [0.3, 0.4) is 0 Å². The standard InChI is InChI=1S/C12H16O2/c1-9(10(2)13)12(14)8-11-6-4-3-5-7-11/h3-7,9,12,14H,8H2,1-2H3/t9-,12-/m0/s1. The van der Waals surface area contributed by atoms with Gasteiger partial charge < -0.3 is 5.11 Å². The van der Waals surface area contributed by atoms with Gasteiger partial charge in [-0.1, -0.05) is 37.3 Å². The molecule has 1 rings (SSSR count). The van der Waals surface area contributed by atoms with Gasteiger partial charge in [-0.25, -0.2) is 0 Å². The Balaban J connectivity index is 2.57. The number of carbonyl (C=O) groups is 1. The first kappa shape index (κ1) is 10.9. The van der Waals surface area contributed by atoms with E-state index in [-0.39, 0.29) is 11.7 Å². The van der Waals surface area contributed by atoms with E-state index in [1.165, 1.54) is 6.92 Å². The predicted molar refractivity (Wildman–Crippen MR) is 56.0 cm³/mol. The fraction of sp³-hybridized carbons (Fsp3) is 0.417. The van der Waals surface area contributed by atoms with Gasteiger partial charge >= 0.3 is 0 Å². The molecule has 14 heavy (non-hydrogen) atoms. The molecule has 2 heteroatoms. The minimum atomic E-state index is -0.574. The normalized spacial score (nSPS) is 14.8. The monoisotopic (exact) mass is 192 g/mol. The number of aliphatic hydroxyl groups is 1. The molecule has 0 radical (unpaired) electrons. The molecule has 0 fully saturated rings. The zero-order valence-corrected chi connectivity index (χ0v) is 8.60. The van der Waals surface area contributed by atoms with Crippen molar-refractivity contribution < 1.29 is 9.90 Å². The molecule has 0 heterocycles. The van der Waals surface area contributed by atoms with E-state index in [1.54, 1.807) is 6.92 Å². The van der Waals surface area contributed by atoms with Gasteiger partial charge in [0.1, 0.15) is 5.78 Å². The second-order valence-electron chi connectivity index (χ2n) is 3.66. The fourth-order valence-corrected chi connectivity index (χ4v) is 1.30. The average Bonchev–Trinajstić information content (AvgIpc) is 2.18. The molecule has 2 atom stereocenters. The lowest BCUT2D eigenvalue weighted by Crippen LogP contribution is -2.25. The van der Waals surface area contributed by atoms with Crippen molar-refractivity contribution in [2.75, 3.05) is 0 Å². The summed E-state index contributed by atoms with van der Waals surface area (Å²) in [5.41, 5.74) is 1.06. The molecule has 0 aliphatic carbocycles. The molecule has 0 aromatic heterocycles. The third-order valence-electron chi connectivity index (χ3n) is 2.51. The number of hydrogen-bond donors (Lipinski definition) is 1. The Hall–Kier alpha value is -1.15. The Morgan fingerprint density at radius 1 is 1.36 bits per heavy atom. The summed E-state index contributed by atoms with van der Waals surface area (Å²) in [4.78, 5) is 11.0. The maximum absolute atomic E-state index is 11.0. The zero-order chi connectivity index (χ0) is 10.6. The smallest absolute Gasteiger partial charge is 0.135 e. The second-order valence-corrected chi connectivity index (χ2v) is 3.66. The first-order chi connectivity index (χ1) is 6.61. The molecule has 1 N–H and O–H groups in total. The van der Waals surface area contributed by atoms with Gasteiger partial charge in [-0.05, 0) is 18.9 Å². The summed E-state index contributed by atoms with van der Waals surface area (Å²) in [6.07, 6.45) is -0.0309. The minimum absolute atomic E-state index is 0.0356. The van der Waals surface area contributed by atoms with Gasteiger partial charge in [0.2, 0.25) is 0 Å². The molecule has 0 saturated heterocycles. The van der Waals surface area contributed by atoms with E-state index in [0.29, 0.717) is 6.42 Å². The molecule has 1 aromatic carbocycles. The van der Waals surface area contributed by atoms with Gasteiger partial charge in [0.15, 0.2) is 0 Å². The molecule has 1 aromatic rings. The highest BCUT2D eigenvalue weighted by Gasteiger charge is 2.18. The third-order valence-corrected chi connectivity index (χ3v) is 2.51. The SMILES string of the molecule is CC(=O)[C@H](C)[C@@H](O)Cc1ccccc1. The number of aliphatic hydroxyl groups excluding tert-OH is 1. The van der Waals surface area contributed by atoms with Crippen LogP contribution < -0.4 is 0 Å². The summed E-state index contributed by atoms with van der Waals surface area (Å²) in [5, 5.41) is 9.72. The topological polar surface area (TPSA) is 37.3 Å². The van der Waals surface area contributed by atoms with Crippen molar-refractivity contribution in [3.05, 3.63) is 35.9 Å². The van der Waals surface area contributed by atoms with E-state index in [9.17, 15) is 9.90 Å². The quantitative estimate of drug-likeness (QED) is 0.790. The lowest BCUT2D eigenvalue weighted by atomic mass is 9.95. The summed E-state index contributed by atoms with van der Waals surface area (Å²) in [6.45, 7) is 3.27. The molecule has 0 aliphatic rings. The van der Waals surface area contributed by atoms with Crippen LogP contribution in [0.4, 0.5) is 0 Å². The molecule has 0 spiro atoms. The van der Waals surface area contributed by atoms with E-state index in [4.69, 9.17) is 0 Å². The second kappa shape index (κ2) is 4.91. The van der Waals surface area contributed by atoms with Crippen molar-refractivity contribution in [2.24, 2.45) is 5.92 Å². The molecule has 0 aliphatic heterocycles. The summed E-state index contributed by atoms with van der Waals surface area (Å²) in [7, 11) is 0. The van der Waals surface area contributed by atoms with Crippen molar-refractivity contribution in [1.82, 2.24) is 0 Å². The van der Waals surface area contributed by atoms with Gasteiger partial charge in [0.25, 0.3) is 0 Å². The third kappa shape index (κ3) is 2.96. The van der Waals surface area contributed by atoms with Crippen molar-refractivity contribution in [3.63, 3.8) is 0 Å². The fourth-order valence-electron chi connectivity index (χ4n) is 1.30. The molecular weight excluding hydrogens is 176 g/mol. The van der Waals surface area contributed by atoms with Gasteiger partial charge in [0.05, 0.1) is 6.10 Å². The van der Waals surface area contributed by atoms with Crippen LogP contribution in [0.15, 0.2) is 30.3 Å². The highest BCUT2D eigenvalue weighted by molar-refractivity contribution is 5.78. The first-order valence-electron chi connectivity index (χ1n) is 4.83. The largest absolute Gasteiger partial charge is 0.392 e. The number of rotatable bonds is 4. The molecule has 0 bridgehead atoms. The van der Waals surface area contributed by atoms with E-state index in [0.717, 1.165) is 5.56 Å². The number of carbonyl (C=O) groups excluding carboxylic acids is 1. The lowest BCUT2D eigenvalue weighted by Gasteiger charge is -2.15. The summed E-state index contributed by atoms with van der Waals surface area (Å²) in [6, 6.07) is 9.71. The maximum Gasteiger partial charge on any atom is 0.135 e. The average molecular weight is 192 g/mol. The predicted octanol–water partition coefficient (Wildman–Crippen LogP) is 1.82. The Morgan fingerprint density at radius 3 is 2.43 bits per heavy atom. The number of Topliss-reactive ketones (excluding diaryl/α,β-unsaturated/α-hetero) is 1. The minimum Gasteiger partial charge on any atom is -0.392 e. The summed E-state index contributed by atoms with van der Waals surface area (Å²) < 4.78 is 0. The maximum atomic E-state index is 11.0. The summed E-state index contributed by atoms with van der Waals surface area (Å²) in [5.74, 6) is -0.247. The number of hydrogen-bond acceptors (Lipinski definition) is 2. The van der Waals surface area contributed by atoms with Gasteiger partial charge in [0, 0.05) is 5.92 Å². The Kier molecular flexibility index (Phi) is 3.84. The van der Waals surface area contributed by atoms with Crippen LogP contribution in [0.25, 0.3) is 0 Å². The van der Waals surface area contributed by atoms with Gasteiger partial charge in [-0.2, -0.15) is 0 Å². The van der Waals surface area contributed by atoms with Crippen LogP contribution >= 0.6 is 0 Å². The molecule has 76 valence electrons. The van der Waals surface area contributed by atoms with Crippen molar-refractivity contribution in [1.29, 1.82) is 0 Å². The molecular formula is C12H16O2. The van der Waals surface area contributed by atoms with Crippen molar-refractivity contribution in [2.45, 2.75) is 26.4 Å². The van der Waals surface area contributed by atoms with E-state index < -0.39 is 6.10 Å². The van der Waals surface area contributed by atoms with E-state index in [1.807, 2.05) is 30.3 Å². The highest BCUT2D eigenvalue weighted by atomic mass is 16.3. The van der Waals surface area contributed by atoms with Crippen LogP contribution in [0.2, 0.25) is 0 Å². The molecule has 2 nitrogen and oxygen atoms in total. The Morgan fingerprint density at radius 2 is 1.93 bits per heavy atom. The Bertz CT molecular complexity index is 292. The van der Waals surface area contributed by atoms with Crippen molar-refractivity contribution >= 4 is 5.78 Å². The zero-order valence-electron chi connectivity index (χ0n) is 8.60. The molecule has 0 unspecified atom stereocenters. The van der Waals surface area contributed by atoms with Gasteiger partial charge in [-0.3, -0.25) is 4.79 Å².